The number of nitrogens with one attached hydrogen (secondary N) is 2. The van der Waals surface area contributed by atoms with Gasteiger partial charge in [-0.1, -0.05) is 19.4 Å². The van der Waals surface area contributed by atoms with Gasteiger partial charge in [-0.2, -0.15) is 4.98 Å². The van der Waals surface area contributed by atoms with Gasteiger partial charge >= 0.3 is 0 Å². The van der Waals surface area contributed by atoms with Crippen LogP contribution in [-0.2, 0) is 6.42 Å². The molecule has 7 heteroatoms. The minimum atomic E-state index is -0.173. The van der Waals surface area contributed by atoms with Gasteiger partial charge < -0.3 is 20.6 Å². The lowest BCUT2D eigenvalue weighted by Crippen LogP contribution is -2.29. The number of pyridine rings is 1. The Hall–Kier alpha value is -2.25. The Morgan fingerprint density at radius 1 is 1.12 bits per heavy atom. The Kier molecular flexibility index (Phi) is 8.15. The van der Waals surface area contributed by atoms with Crippen molar-refractivity contribution < 1.29 is 5.11 Å². The lowest BCUT2D eigenvalue weighted by Gasteiger charge is -2.27. The highest BCUT2D eigenvalue weighted by molar-refractivity contribution is 5.73. The molecule has 3 heterocycles. The van der Waals surface area contributed by atoms with Crippen LogP contribution in [0.2, 0.25) is 0 Å². The molecule has 1 unspecified atom stereocenters. The molecule has 1 saturated heterocycles. The molecule has 0 spiro atoms. The van der Waals surface area contributed by atoms with E-state index in [4.69, 9.17) is 9.97 Å². The van der Waals surface area contributed by atoms with Crippen molar-refractivity contribution in [3.05, 3.63) is 30.1 Å². The van der Waals surface area contributed by atoms with Crippen LogP contribution in [0.4, 0.5) is 11.8 Å². The smallest absolute Gasteiger partial charge is 0.224 e. The fourth-order valence-electron chi connectivity index (χ4n) is 5.10. The summed E-state index contributed by atoms with van der Waals surface area (Å²) in [4.78, 5) is 16.7. The van der Waals surface area contributed by atoms with Crippen molar-refractivity contribution in [2.75, 3.05) is 24.2 Å². The average Bonchev–Trinajstić information content (AvgIpc) is 3.21. The number of aromatic nitrogens is 3. The predicted molar refractivity (Wildman–Crippen MR) is 134 cm³/mol. The van der Waals surface area contributed by atoms with E-state index in [-0.39, 0.29) is 6.10 Å². The molecule has 2 aromatic heterocycles. The maximum Gasteiger partial charge on any atom is 0.224 e. The first-order valence-electron chi connectivity index (χ1n) is 12.8. The van der Waals surface area contributed by atoms with Gasteiger partial charge in [-0.25, -0.2) is 4.98 Å². The third-order valence-electron chi connectivity index (χ3n) is 7.17. The first-order chi connectivity index (χ1) is 16.0. The minimum absolute atomic E-state index is 0.173. The van der Waals surface area contributed by atoms with Crippen LogP contribution in [0.3, 0.4) is 0 Å². The number of aliphatic hydroxyl groups excluding tert-OH is 1. The number of likely N-dealkylation sites (N-methyl/N-ethyl adjacent to an activating group) is 1. The Morgan fingerprint density at radius 2 is 1.94 bits per heavy atom. The average molecular weight is 453 g/mol. The lowest BCUT2D eigenvalue weighted by molar-refractivity contribution is 0.126. The summed E-state index contributed by atoms with van der Waals surface area (Å²) in [6, 6.07) is 5.55. The van der Waals surface area contributed by atoms with Gasteiger partial charge in [0.25, 0.3) is 0 Å². The molecule has 3 N–H and O–H groups in total. The van der Waals surface area contributed by atoms with E-state index in [0.717, 1.165) is 62.0 Å². The van der Waals surface area contributed by atoms with E-state index in [1.807, 2.05) is 12.4 Å². The molecule has 0 aromatic carbocycles. The van der Waals surface area contributed by atoms with Crippen molar-refractivity contribution in [2.45, 2.75) is 95.9 Å². The van der Waals surface area contributed by atoms with Gasteiger partial charge in [0.1, 0.15) is 5.82 Å². The molecule has 4 rings (SSSR count). The van der Waals surface area contributed by atoms with Crippen molar-refractivity contribution in [1.82, 2.24) is 19.9 Å². The second-order valence-corrected chi connectivity index (χ2v) is 9.97. The number of hydrogen-bond donors (Lipinski definition) is 3. The van der Waals surface area contributed by atoms with Crippen LogP contribution >= 0.6 is 0 Å². The quantitative estimate of drug-likeness (QED) is 0.517. The minimum Gasteiger partial charge on any atom is -0.393 e. The molecule has 2 aromatic rings. The Morgan fingerprint density at radius 3 is 2.61 bits per heavy atom. The molecule has 180 valence electrons. The highest BCUT2D eigenvalue weighted by Crippen LogP contribution is 2.29. The molecule has 2 atom stereocenters. The Bertz CT molecular complexity index is 881. The third-order valence-corrected chi connectivity index (χ3v) is 7.17. The molecule has 1 aliphatic heterocycles. The maximum absolute atomic E-state index is 9.89. The molecular formula is C26H40N6O. The van der Waals surface area contributed by atoms with Crippen molar-refractivity contribution in [2.24, 2.45) is 0 Å². The number of nitrogens with zero attached hydrogens (tertiary/aromatic N) is 4. The Balaban J connectivity index is 1.53. The number of hydrogen-bond acceptors (Lipinski definition) is 7. The van der Waals surface area contributed by atoms with Gasteiger partial charge in [-0.05, 0) is 83.5 Å². The standard InChI is InChI=1S/C26H40N6O/c1-4-6-18(2)29-26-28-17-23(25(31-26)30-20-9-11-22(33)12-10-20)24-13-8-19(16-27-24)15-21-7-5-14-32(21)3/h8,13,16-18,20-22,33H,4-7,9-12,14-15H2,1-3H3,(H2,28,29,30,31)/t18-,20-,21?,22-/m0/s1. The molecule has 0 amide bonds. The van der Waals surface area contributed by atoms with Gasteiger partial charge in [0.2, 0.25) is 5.95 Å². The largest absolute Gasteiger partial charge is 0.393 e. The summed E-state index contributed by atoms with van der Waals surface area (Å²) in [5.41, 5.74) is 3.10. The van der Waals surface area contributed by atoms with Crippen molar-refractivity contribution >= 4 is 11.8 Å². The maximum atomic E-state index is 9.89. The van der Waals surface area contributed by atoms with Crippen LogP contribution in [0.25, 0.3) is 11.3 Å². The van der Waals surface area contributed by atoms with Crippen molar-refractivity contribution in [3.63, 3.8) is 0 Å². The second kappa shape index (κ2) is 11.3. The summed E-state index contributed by atoms with van der Waals surface area (Å²) < 4.78 is 0. The topological polar surface area (TPSA) is 86.2 Å². The Labute approximate surface area is 198 Å². The normalized spacial score (nSPS) is 24.5. The second-order valence-electron chi connectivity index (χ2n) is 9.97. The number of likely N-dealkylation sites (tertiary alicyclic amines) is 1. The van der Waals surface area contributed by atoms with Crippen LogP contribution in [0.1, 0.15) is 70.8 Å². The number of aliphatic hydroxyl groups is 1. The van der Waals surface area contributed by atoms with E-state index >= 15 is 0 Å². The van der Waals surface area contributed by atoms with E-state index in [0.29, 0.717) is 24.1 Å². The summed E-state index contributed by atoms with van der Waals surface area (Å²) in [6.45, 7) is 5.54. The summed E-state index contributed by atoms with van der Waals surface area (Å²) in [7, 11) is 2.22. The monoisotopic (exact) mass is 452 g/mol. The zero-order valence-corrected chi connectivity index (χ0v) is 20.4. The molecule has 33 heavy (non-hydrogen) atoms. The van der Waals surface area contributed by atoms with Crippen LogP contribution in [0.5, 0.6) is 0 Å². The SMILES string of the molecule is CCC[C@H](C)Nc1ncc(-c2ccc(CC3CCCN3C)cn2)c(N[C@H]2CC[C@H](O)CC2)n1. The molecule has 1 saturated carbocycles. The van der Waals surface area contributed by atoms with Gasteiger partial charge in [-0.15, -0.1) is 0 Å². The van der Waals surface area contributed by atoms with Gasteiger partial charge in [0.15, 0.2) is 0 Å². The highest BCUT2D eigenvalue weighted by atomic mass is 16.3. The summed E-state index contributed by atoms with van der Waals surface area (Å²) in [6.07, 6.45) is 13.1. The highest BCUT2D eigenvalue weighted by Gasteiger charge is 2.23. The van der Waals surface area contributed by atoms with Crippen LogP contribution in [0, 0.1) is 0 Å². The summed E-state index contributed by atoms with van der Waals surface area (Å²) >= 11 is 0. The fourth-order valence-corrected chi connectivity index (χ4v) is 5.10. The number of rotatable bonds is 9. The summed E-state index contributed by atoms with van der Waals surface area (Å²) in [5, 5.41) is 17.0. The molecule has 2 fully saturated rings. The lowest BCUT2D eigenvalue weighted by atomic mass is 9.93. The first kappa shape index (κ1) is 23.9. The van der Waals surface area contributed by atoms with Crippen molar-refractivity contribution in [3.8, 4) is 11.3 Å². The zero-order chi connectivity index (χ0) is 23.2. The summed E-state index contributed by atoms with van der Waals surface area (Å²) in [5.74, 6) is 1.48. The van der Waals surface area contributed by atoms with Gasteiger partial charge in [-0.3, -0.25) is 4.98 Å². The van der Waals surface area contributed by atoms with E-state index in [1.165, 1.54) is 24.9 Å². The molecule has 2 aliphatic rings. The van der Waals surface area contributed by atoms with E-state index in [2.05, 4.69) is 53.5 Å². The van der Waals surface area contributed by atoms with Crippen LogP contribution < -0.4 is 10.6 Å². The molecule has 0 bridgehead atoms. The van der Waals surface area contributed by atoms with E-state index in [1.54, 1.807) is 0 Å². The van der Waals surface area contributed by atoms with Crippen LogP contribution in [0.15, 0.2) is 24.5 Å². The molecule has 0 radical (unpaired) electrons. The van der Waals surface area contributed by atoms with Gasteiger partial charge in [0, 0.05) is 30.5 Å². The number of anilines is 2. The van der Waals surface area contributed by atoms with Gasteiger partial charge in [0.05, 0.1) is 17.4 Å². The van der Waals surface area contributed by atoms with E-state index in [9.17, 15) is 5.11 Å². The molecule has 1 aliphatic carbocycles. The molecular weight excluding hydrogens is 412 g/mol. The zero-order valence-electron chi connectivity index (χ0n) is 20.4. The molecule has 7 nitrogen and oxygen atoms in total. The predicted octanol–water partition coefficient (Wildman–Crippen LogP) is 4.49. The van der Waals surface area contributed by atoms with Crippen LogP contribution in [-0.4, -0.2) is 62.8 Å². The first-order valence-corrected chi connectivity index (χ1v) is 12.8. The fraction of sp³-hybridized carbons (Fsp3) is 0.654. The van der Waals surface area contributed by atoms with E-state index < -0.39 is 0 Å². The van der Waals surface area contributed by atoms with Crippen molar-refractivity contribution in [1.29, 1.82) is 0 Å². The third kappa shape index (κ3) is 6.42.